The van der Waals surface area contributed by atoms with E-state index in [2.05, 4.69) is 25.9 Å². The van der Waals surface area contributed by atoms with E-state index in [1.807, 2.05) is 58.0 Å². The second kappa shape index (κ2) is 12.8. The molecule has 0 aliphatic carbocycles. The zero-order valence-corrected chi connectivity index (χ0v) is 22.7. The molecule has 3 rings (SSSR count). The number of benzene rings is 1. The smallest absolute Gasteiger partial charge is 0.287 e. The molecular formula is C28H39N5O5. The molecule has 206 valence electrons. The molecule has 10 nitrogen and oxygen atoms in total. The van der Waals surface area contributed by atoms with Gasteiger partial charge in [-0.05, 0) is 37.2 Å². The first-order valence-corrected chi connectivity index (χ1v) is 13.1. The number of aromatic nitrogens is 2. The first kappa shape index (κ1) is 29.0. The van der Waals surface area contributed by atoms with Gasteiger partial charge in [0.05, 0.1) is 12.6 Å². The number of Topliss-reactive ketones (excluding diaryl/α,β-unsaturated/α-hetero) is 1. The molecule has 1 aliphatic heterocycles. The summed E-state index contributed by atoms with van der Waals surface area (Å²) in [6.07, 6.45) is 4.01. The lowest BCUT2D eigenvalue weighted by Crippen LogP contribution is -2.57. The van der Waals surface area contributed by atoms with Crippen LogP contribution < -0.4 is 16.0 Å². The van der Waals surface area contributed by atoms with Crippen LogP contribution in [0.15, 0.2) is 42.7 Å². The number of ketones is 1. The number of ether oxygens (including phenoxy) is 1. The molecule has 1 saturated heterocycles. The second-order valence-corrected chi connectivity index (χ2v) is 10.9. The number of epoxide rings is 1. The first-order chi connectivity index (χ1) is 18.0. The van der Waals surface area contributed by atoms with Crippen LogP contribution >= 0.6 is 0 Å². The van der Waals surface area contributed by atoms with Gasteiger partial charge in [0.15, 0.2) is 11.6 Å². The lowest BCUT2D eigenvalue weighted by Gasteiger charge is -2.27. The van der Waals surface area contributed by atoms with Gasteiger partial charge in [0.1, 0.15) is 17.7 Å². The Bertz CT molecular complexity index is 1100. The molecular weight excluding hydrogens is 486 g/mol. The van der Waals surface area contributed by atoms with Gasteiger partial charge in [-0.1, -0.05) is 58.0 Å². The molecule has 4 atom stereocenters. The summed E-state index contributed by atoms with van der Waals surface area (Å²) in [6, 6.07) is 6.73. The van der Waals surface area contributed by atoms with Crippen LogP contribution in [0.25, 0.3) is 0 Å². The van der Waals surface area contributed by atoms with Crippen LogP contribution in [0.2, 0.25) is 0 Å². The number of nitrogens with one attached hydrogen (secondary N) is 4. The number of H-pyrrole nitrogens is 1. The van der Waals surface area contributed by atoms with E-state index >= 15 is 0 Å². The number of imidazole rings is 1. The van der Waals surface area contributed by atoms with E-state index in [0.29, 0.717) is 19.4 Å². The van der Waals surface area contributed by atoms with Crippen molar-refractivity contribution in [3.8, 4) is 0 Å². The van der Waals surface area contributed by atoms with E-state index in [0.717, 1.165) is 5.56 Å². The number of carbonyl (C=O) groups excluding carboxylic acids is 4. The van der Waals surface area contributed by atoms with Crippen molar-refractivity contribution in [1.29, 1.82) is 0 Å². The summed E-state index contributed by atoms with van der Waals surface area (Å²) in [5.74, 6) is -1.30. The predicted molar refractivity (Wildman–Crippen MR) is 142 cm³/mol. The summed E-state index contributed by atoms with van der Waals surface area (Å²) in [4.78, 5) is 59.4. The van der Waals surface area contributed by atoms with Crippen molar-refractivity contribution in [3.63, 3.8) is 0 Å². The van der Waals surface area contributed by atoms with Crippen LogP contribution in [0, 0.1) is 11.8 Å². The molecule has 2 heterocycles. The number of amides is 3. The molecule has 4 N–H and O–H groups in total. The highest BCUT2D eigenvalue weighted by molar-refractivity contribution is 5.99. The topological polar surface area (TPSA) is 146 Å². The van der Waals surface area contributed by atoms with E-state index in [1.165, 1.54) is 12.4 Å². The average molecular weight is 526 g/mol. The molecule has 1 aromatic heterocycles. The molecule has 10 heteroatoms. The molecule has 0 bridgehead atoms. The minimum atomic E-state index is -0.963. The van der Waals surface area contributed by atoms with Gasteiger partial charge in [-0.25, -0.2) is 4.98 Å². The minimum Gasteiger partial charge on any atom is -0.361 e. The Morgan fingerprint density at radius 2 is 1.50 bits per heavy atom. The van der Waals surface area contributed by atoms with Crippen LogP contribution in [-0.4, -0.2) is 63.8 Å². The zero-order valence-electron chi connectivity index (χ0n) is 22.7. The van der Waals surface area contributed by atoms with E-state index in [1.54, 1.807) is 6.92 Å². The Morgan fingerprint density at radius 1 is 0.921 bits per heavy atom. The molecule has 3 amide bonds. The van der Waals surface area contributed by atoms with E-state index in [9.17, 15) is 19.2 Å². The Labute approximate surface area is 223 Å². The molecule has 1 fully saturated rings. The average Bonchev–Trinajstić information content (AvgIpc) is 3.37. The van der Waals surface area contributed by atoms with Gasteiger partial charge < -0.3 is 25.7 Å². The minimum absolute atomic E-state index is 0.0935. The van der Waals surface area contributed by atoms with Gasteiger partial charge in [0.25, 0.3) is 5.91 Å². The molecule has 0 radical (unpaired) electrons. The third-order valence-corrected chi connectivity index (χ3v) is 6.40. The van der Waals surface area contributed by atoms with Crippen molar-refractivity contribution in [3.05, 3.63) is 54.1 Å². The quantitative estimate of drug-likeness (QED) is 0.278. The van der Waals surface area contributed by atoms with Crippen LogP contribution in [0.1, 0.15) is 63.6 Å². The normalized spacial score (nSPS) is 18.9. The number of carbonyl (C=O) groups is 4. The summed E-state index contributed by atoms with van der Waals surface area (Å²) in [5, 5.41) is 8.44. The predicted octanol–water partition coefficient (Wildman–Crippen LogP) is 2.17. The molecule has 38 heavy (non-hydrogen) atoms. The number of nitrogens with zero attached hydrogens (tertiary/aromatic N) is 1. The fourth-order valence-electron chi connectivity index (χ4n) is 4.24. The van der Waals surface area contributed by atoms with Gasteiger partial charge in [0.2, 0.25) is 11.8 Å². The van der Waals surface area contributed by atoms with Gasteiger partial charge in [-0.3, -0.25) is 19.2 Å². The van der Waals surface area contributed by atoms with E-state index in [4.69, 9.17) is 4.74 Å². The van der Waals surface area contributed by atoms with Crippen LogP contribution in [-0.2, 0) is 25.5 Å². The van der Waals surface area contributed by atoms with E-state index in [-0.39, 0.29) is 29.9 Å². The highest BCUT2D eigenvalue weighted by Crippen LogP contribution is 2.29. The molecule has 0 unspecified atom stereocenters. The molecule has 1 aromatic carbocycles. The van der Waals surface area contributed by atoms with Crippen molar-refractivity contribution in [2.45, 2.75) is 77.6 Å². The molecule has 1 aliphatic rings. The zero-order chi connectivity index (χ0) is 27.9. The summed E-state index contributed by atoms with van der Waals surface area (Å²) in [5.41, 5.74) is -0.0408. The summed E-state index contributed by atoms with van der Waals surface area (Å²) < 4.78 is 5.34. The maximum atomic E-state index is 13.6. The fraction of sp³-hybridized carbons (Fsp3) is 0.536. The van der Waals surface area contributed by atoms with Gasteiger partial charge in [-0.15, -0.1) is 0 Å². The van der Waals surface area contributed by atoms with Crippen molar-refractivity contribution in [1.82, 2.24) is 25.9 Å². The Kier molecular flexibility index (Phi) is 9.79. The second-order valence-electron chi connectivity index (χ2n) is 10.9. The fourth-order valence-corrected chi connectivity index (χ4v) is 4.24. The summed E-state index contributed by atoms with van der Waals surface area (Å²) in [6.45, 7) is 9.88. The summed E-state index contributed by atoms with van der Waals surface area (Å²) >= 11 is 0. The Hall–Kier alpha value is -3.53. The van der Waals surface area contributed by atoms with Crippen LogP contribution in [0.3, 0.4) is 0 Å². The summed E-state index contributed by atoms with van der Waals surface area (Å²) in [7, 11) is 0. The maximum absolute atomic E-state index is 13.6. The number of hydrogen-bond acceptors (Lipinski definition) is 6. The van der Waals surface area contributed by atoms with Gasteiger partial charge in [0, 0.05) is 18.8 Å². The lowest BCUT2D eigenvalue weighted by atomic mass is 9.93. The third kappa shape index (κ3) is 8.24. The molecule has 0 spiro atoms. The standard InChI is InChI=1S/C28H39N5O5/c1-17(2)13-20(23(34)28(5)16-38-28)31-26(36)22(15-19-9-7-6-8-10-19)32-25(35)21(14-18(3)4)33-27(37)24-29-11-12-30-24/h6-12,17-18,20-22H,13-16H2,1-5H3,(H,29,30)(H,31,36)(H,32,35)(H,33,37)/t20-,21-,22-,28+/m0/s1. The van der Waals surface area contributed by atoms with Crippen molar-refractivity contribution in [2.75, 3.05) is 6.61 Å². The van der Waals surface area contributed by atoms with Crippen LogP contribution in [0.4, 0.5) is 0 Å². The molecule has 2 aromatic rings. The SMILES string of the molecule is CC(C)C[C@H](NC(=O)c1ncc[nH]1)C(=O)N[C@@H](Cc1ccccc1)C(=O)N[C@@H](CC(C)C)C(=O)[C@@]1(C)CO1. The largest absolute Gasteiger partial charge is 0.361 e. The Balaban J connectivity index is 1.80. The van der Waals surface area contributed by atoms with Crippen LogP contribution in [0.5, 0.6) is 0 Å². The Morgan fingerprint density at radius 3 is 2.05 bits per heavy atom. The third-order valence-electron chi connectivity index (χ3n) is 6.40. The number of aromatic amines is 1. The number of hydrogen-bond donors (Lipinski definition) is 4. The van der Waals surface area contributed by atoms with Crippen molar-refractivity contribution in [2.24, 2.45) is 11.8 Å². The van der Waals surface area contributed by atoms with Crippen molar-refractivity contribution >= 4 is 23.5 Å². The van der Waals surface area contributed by atoms with E-state index < -0.39 is 41.4 Å². The van der Waals surface area contributed by atoms with Gasteiger partial charge >= 0.3 is 0 Å². The molecule has 0 saturated carbocycles. The lowest BCUT2D eigenvalue weighted by molar-refractivity contribution is -0.133. The number of rotatable bonds is 14. The maximum Gasteiger partial charge on any atom is 0.287 e. The first-order valence-electron chi connectivity index (χ1n) is 13.1. The monoisotopic (exact) mass is 525 g/mol. The van der Waals surface area contributed by atoms with Crippen molar-refractivity contribution < 1.29 is 23.9 Å². The van der Waals surface area contributed by atoms with Gasteiger partial charge in [-0.2, -0.15) is 0 Å². The highest BCUT2D eigenvalue weighted by atomic mass is 16.6. The highest BCUT2D eigenvalue weighted by Gasteiger charge is 2.50.